The van der Waals surface area contributed by atoms with Gasteiger partial charge in [0.15, 0.2) is 5.75 Å². The van der Waals surface area contributed by atoms with Crippen LogP contribution in [0.4, 0.5) is 0 Å². The molecule has 8 heteroatoms. The summed E-state index contributed by atoms with van der Waals surface area (Å²) in [5.41, 5.74) is 0.922. The van der Waals surface area contributed by atoms with Gasteiger partial charge in [0.1, 0.15) is 17.1 Å². The summed E-state index contributed by atoms with van der Waals surface area (Å²) in [7, 11) is 0. The monoisotopic (exact) mass is 396 g/mol. The Hall–Kier alpha value is -3.13. The molecular weight excluding hydrogens is 372 g/mol. The fourth-order valence-electron chi connectivity index (χ4n) is 3.49. The zero-order valence-electron chi connectivity index (χ0n) is 16.2. The Kier molecular flexibility index (Phi) is 5.62. The van der Waals surface area contributed by atoms with Crippen LogP contribution >= 0.6 is 0 Å². The van der Waals surface area contributed by atoms with Crippen LogP contribution < -0.4 is 14.8 Å². The van der Waals surface area contributed by atoms with Crippen molar-refractivity contribution in [1.82, 2.24) is 19.7 Å². The highest BCUT2D eigenvalue weighted by atomic mass is 16.5. The van der Waals surface area contributed by atoms with Gasteiger partial charge in [0, 0.05) is 12.4 Å². The Morgan fingerprint density at radius 1 is 1.28 bits per heavy atom. The maximum Gasteiger partial charge on any atom is 0.271 e. The van der Waals surface area contributed by atoms with Gasteiger partial charge < -0.3 is 24.3 Å². The minimum atomic E-state index is -0.498. The molecule has 4 rings (SSSR count). The fraction of sp³-hybridized carbons (Fsp3) is 0.381. The number of ether oxygens (including phenoxy) is 2. The van der Waals surface area contributed by atoms with Crippen molar-refractivity contribution in [2.24, 2.45) is 0 Å². The van der Waals surface area contributed by atoms with Crippen molar-refractivity contribution in [2.45, 2.75) is 44.8 Å². The number of rotatable bonds is 6. The molecule has 1 unspecified atom stereocenters. The van der Waals surface area contributed by atoms with Crippen LogP contribution in [0.2, 0.25) is 0 Å². The van der Waals surface area contributed by atoms with E-state index in [1.807, 2.05) is 6.92 Å². The third-order valence-electron chi connectivity index (χ3n) is 4.95. The highest BCUT2D eigenvalue weighted by Gasteiger charge is 2.25. The topological polar surface area (TPSA) is 98.0 Å². The molecule has 1 amide bonds. The minimum Gasteiger partial charge on any atom is -0.488 e. The first-order chi connectivity index (χ1) is 14.1. The number of nitrogens with one attached hydrogen (secondary N) is 1. The number of aliphatic hydroxyl groups excluding tert-OH is 1. The molecule has 29 heavy (non-hydrogen) atoms. The molecule has 1 aliphatic rings. The maximum absolute atomic E-state index is 12.6. The summed E-state index contributed by atoms with van der Waals surface area (Å²) >= 11 is 0. The number of amides is 1. The van der Waals surface area contributed by atoms with E-state index in [9.17, 15) is 9.90 Å². The molecule has 1 saturated carbocycles. The van der Waals surface area contributed by atoms with Crippen molar-refractivity contribution < 1.29 is 19.4 Å². The second-order valence-electron chi connectivity index (χ2n) is 7.03. The molecule has 1 aliphatic carbocycles. The third-order valence-corrected chi connectivity index (χ3v) is 4.95. The van der Waals surface area contributed by atoms with Gasteiger partial charge in [-0.15, -0.1) is 0 Å². The van der Waals surface area contributed by atoms with E-state index in [0.717, 1.165) is 19.3 Å². The molecule has 0 aromatic carbocycles. The summed E-state index contributed by atoms with van der Waals surface area (Å²) in [4.78, 5) is 21.2. The Bertz CT molecular complexity index is 1000. The van der Waals surface area contributed by atoms with E-state index in [2.05, 4.69) is 15.3 Å². The number of carbonyl (C=O) groups is 1. The second-order valence-corrected chi connectivity index (χ2v) is 7.03. The van der Waals surface area contributed by atoms with Crippen LogP contribution in [0.3, 0.4) is 0 Å². The highest BCUT2D eigenvalue weighted by molar-refractivity contribution is 5.93. The van der Waals surface area contributed by atoms with Gasteiger partial charge in [-0.3, -0.25) is 4.79 Å². The van der Waals surface area contributed by atoms with Gasteiger partial charge in [-0.25, -0.2) is 9.97 Å². The minimum absolute atomic E-state index is 0.221. The maximum atomic E-state index is 12.6. The lowest BCUT2D eigenvalue weighted by Gasteiger charge is -2.27. The van der Waals surface area contributed by atoms with Crippen LogP contribution in [0.25, 0.3) is 5.65 Å². The van der Waals surface area contributed by atoms with E-state index in [1.54, 1.807) is 47.3 Å². The van der Waals surface area contributed by atoms with Crippen molar-refractivity contribution >= 4 is 11.6 Å². The predicted molar refractivity (Wildman–Crippen MR) is 106 cm³/mol. The zero-order valence-corrected chi connectivity index (χ0v) is 16.2. The summed E-state index contributed by atoms with van der Waals surface area (Å²) in [5.74, 6) is 1.19. The molecule has 3 heterocycles. The van der Waals surface area contributed by atoms with Crippen molar-refractivity contribution in [3.63, 3.8) is 0 Å². The lowest BCUT2D eigenvalue weighted by Crippen LogP contribution is -2.45. The van der Waals surface area contributed by atoms with Crippen molar-refractivity contribution in [2.75, 3.05) is 6.61 Å². The van der Waals surface area contributed by atoms with Crippen LogP contribution in [0, 0.1) is 0 Å². The first kappa shape index (κ1) is 19.2. The fourth-order valence-corrected chi connectivity index (χ4v) is 3.49. The van der Waals surface area contributed by atoms with Crippen LogP contribution in [0.5, 0.6) is 17.4 Å². The Labute approximate surface area is 168 Å². The van der Waals surface area contributed by atoms with Crippen LogP contribution in [0.1, 0.15) is 43.1 Å². The van der Waals surface area contributed by atoms with Gasteiger partial charge in [0.2, 0.25) is 0 Å². The van der Waals surface area contributed by atoms with Gasteiger partial charge in [0.05, 0.1) is 24.9 Å². The quantitative estimate of drug-likeness (QED) is 0.665. The molecule has 3 aromatic heterocycles. The van der Waals surface area contributed by atoms with Crippen LogP contribution in [-0.4, -0.2) is 44.1 Å². The molecule has 2 N–H and O–H groups in total. The SMILES string of the molecule is CCOc1cccnc1Oc1ccc2nc(C(=O)NC3CCCC[C@@H]3O)cn2c1. The number of aromatic nitrogens is 3. The van der Waals surface area contributed by atoms with Gasteiger partial charge >= 0.3 is 0 Å². The van der Waals surface area contributed by atoms with Gasteiger partial charge in [0.25, 0.3) is 11.8 Å². The van der Waals surface area contributed by atoms with Crippen LogP contribution in [0.15, 0.2) is 42.9 Å². The number of hydrogen-bond acceptors (Lipinski definition) is 6. The van der Waals surface area contributed by atoms with Crippen molar-refractivity contribution in [3.8, 4) is 17.4 Å². The molecule has 2 atom stereocenters. The van der Waals surface area contributed by atoms with E-state index in [1.165, 1.54) is 0 Å². The summed E-state index contributed by atoms with van der Waals surface area (Å²) < 4.78 is 13.1. The van der Waals surface area contributed by atoms with E-state index >= 15 is 0 Å². The number of aliphatic hydroxyl groups is 1. The number of imidazole rings is 1. The third kappa shape index (κ3) is 4.32. The van der Waals surface area contributed by atoms with E-state index in [4.69, 9.17) is 9.47 Å². The average molecular weight is 396 g/mol. The molecule has 0 saturated heterocycles. The van der Waals surface area contributed by atoms with Gasteiger partial charge in [-0.1, -0.05) is 12.8 Å². The normalized spacial score (nSPS) is 19.1. The molecular formula is C21H24N4O4. The summed E-state index contributed by atoms with van der Waals surface area (Å²) in [5, 5.41) is 13.0. The summed E-state index contributed by atoms with van der Waals surface area (Å²) in [6.07, 6.45) is 8.02. The zero-order chi connectivity index (χ0) is 20.2. The number of pyridine rings is 2. The molecule has 3 aromatic rings. The number of fused-ring (bicyclic) bond motifs is 1. The van der Waals surface area contributed by atoms with E-state index in [0.29, 0.717) is 41.7 Å². The summed E-state index contributed by atoms with van der Waals surface area (Å²) in [6.45, 7) is 2.41. The highest BCUT2D eigenvalue weighted by Crippen LogP contribution is 2.29. The predicted octanol–water partition coefficient (Wildman–Crippen LogP) is 2.95. The van der Waals surface area contributed by atoms with Crippen molar-refractivity contribution in [1.29, 1.82) is 0 Å². The summed E-state index contributed by atoms with van der Waals surface area (Å²) in [6, 6.07) is 6.89. The molecule has 152 valence electrons. The Balaban J connectivity index is 1.51. The first-order valence-corrected chi connectivity index (χ1v) is 9.87. The lowest BCUT2D eigenvalue weighted by atomic mass is 9.92. The number of hydrogen-bond donors (Lipinski definition) is 2. The second kappa shape index (κ2) is 8.48. The average Bonchev–Trinajstić information content (AvgIpc) is 3.15. The molecule has 0 aliphatic heterocycles. The Morgan fingerprint density at radius 2 is 2.14 bits per heavy atom. The molecule has 0 spiro atoms. The smallest absolute Gasteiger partial charge is 0.271 e. The van der Waals surface area contributed by atoms with Gasteiger partial charge in [-0.05, 0) is 44.0 Å². The first-order valence-electron chi connectivity index (χ1n) is 9.87. The van der Waals surface area contributed by atoms with Crippen molar-refractivity contribution in [3.05, 3.63) is 48.5 Å². The van der Waals surface area contributed by atoms with Gasteiger partial charge in [-0.2, -0.15) is 0 Å². The molecule has 8 nitrogen and oxygen atoms in total. The Morgan fingerprint density at radius 3 is 2.97 bits per heavy atom. The number of carbonyl (C=O) groups excluding carboxylic acids is 1. The number of nitrogens with zero attached hydrogens (tertiary/aromatic N) is 3. The molecule has 0 radical (unpaired) electrons. The van der Waals surface area contributed by atoms with Crippen LogP contribution in [-0.2, 0) is 0 Å². The standard InChI is InChI=1S/C21H24N4O4/c1-2-28-18-8-5-11-22-21(18)29-14-9-10-19-23-16(13-25(19)12-14)20(27)24-15-6-3-4-7-17(15)26/h5,8-13,15,17,26H,2-4,6-7H2,1H3,(H,24,27)/t15?,17-/m0/s1. The lowest BCUT2D eigenvalue weighted by molar-refractivity contribution is 0.0714. The van der Waals surface area contributed by atoms with E-state index < -0.39 is 6.10 Å². The largest absolute Gasteiger partial charge is 0.488 e. The molecule has 0 bridgehead atoms. The van der Waals surface area contributed by atoms with E-state index in [-0.39, 0.29) is 11.9 Å². The molecule has 1 fully saturated rings.